The summed E-state index contributed by atoms with van der Waals surface area (Å²) < 4.78 is 0. The van der Waals surface area contributed by atoms with Crippen LogP contribution in [-0.4, -0.2) is 45.8 Å². The largest absolute Gasteiger partial charge is 0.330 e. The molecule has 102 valence electrons. The number of nitrogens with two attached hydrogens (primary N) is 1. The molecule has 5 heteroatoms. The van der Waals surface area contributed by atoms with Gasteiger partial charge in [0.2, 0.25) is 0 Å². The molecule has 0 spiro atoms. The van der Waals surface area contributed by atoms with Crippen molar-refractivity contribution in [2.75, 3.05) is 45.8 Å². The van der Waals surface area contributed by atoms with E-state index in [4.69, 9.17) is 5.73 Å². The van der Waals surface area contributed by atoms with Crippen LogP contribution < -0.4 is 16.4 Å². The first kappa shape index (κ1) is 16.5. The minimum atomic E-state index is 0.782. The molecule has 0 radical (unpaired) electrons. The SMILES string of the molecule is CCN=NCCCNCCCCNCCCN. The monoisotopic (exact) mass is 243 g/mol. The van der Waals surface area contributed by atoms with Gasteiger partial charge in [-0.2, -0.15) is 10.2 Å². The lowest BCUT2D eigenvalue weighted by molar-refractivity contribution is 0.569. The summed E-state index contributed by atoms with van der Waals surface area (Å²) in [6.07, 6.45) is 4.61. The van der Waals surface area contributed by atoms with E-state index in [1.54, 1.807) is 0 Å². The van der Waals surface area contributed by atoms with Crippen molar-refractivity contribution in [2.45, 2.75) is 32.6 Å². The molecule has 5 nitrogen and oxygen atoms in total. The number of nitrogens with zero attached hydrogens (tertiary/aromatic N) is 2. The molecule has 0 fully saturated rings. The lowest BCUT2D eigenvalue weighted by atomic mass is 10.3. The Morgan fingerprint density at radius 3 is 2.00 bits per heavy atom. The number of unbranched alkanes of at least 4 members (excludes halogenated alkanes) is 1. The van der Waals surface area contributed by atoms with Crippen LogP contribution in [0.4, 0.5) is 0 Å². The number of hydrogen-bond acceptors (Lipinski definition) is 5. The zero-order valence-electron chi connectivity index (χ0n) is 11.2. The topological polar surface area (TPSA) is 74.8 Å². The van der Waals surface area contributed by atoms with Gasteiger partial charge in [0, 0.05) is 0 Å². The summed E-state index contributed by atoms with van der Waals surface area (Å²) in [5, 5.41) is 14.8. The Morgan fingerprint density at radius 2 is 1.41 bits per heavy atom. The zero-order valence-corrected chi connectivity index (χ0v) is 11.2. The molecule has 0 rings (SSSR count). The fourth-order valence-electron chi connectivity index (χ4n) is 1.42. The van der Waals surface area contributed by atoms with Gasteiger partial charge >= 0.3 is 0 Å². The smallest absolute Gasteiger partial charge is 0.0610 e. The number of rotatable bonds is 13. The van der Waals surface area contributed by atoms with E-state index in [-0.39, 0.29) is 0 Å². The van der Waals surface area contributed by atoms with Crippen molar-refractivity contribution in [3.63, 3.8) is 0 Å². The normalized spacial score (nSPS) is 11.4. The van der Waals surface area contributed by atoms with E-state index < -0.39 is 0 Å². The molecule has 0 aliphatic carbocycles. The van der Waals surface area contributed by atoms with E-state index >= 15 is 0 Å². The van der Waals surface area contributed by atoms with E-state index in [0.29, 0.717) is 0 Å². The maximum Gasteiger partial charge on any atom is 0.0610 e. The van der Waals surface area contributed by atoms with Gasteiger partial charge in [-0.25, -0.2) is 0 Å². The molecule has 0 aliphatic heterocycles. The molecule has 0 atom stereocenters. The molecule has 4 N–H and O–H groups in total. The lowest BCUT2D eigenvalue weighted by Gasteiger charge is -2.05. The lowest BCUT2D eigenvalue weighted by Crippen LogP contribution is -2.21. The van der Waals surface area contributed by atoms with E-state index in [9.17, 15) is 0 Å². The summed E-state index contributed by atoms with van der Waals surface area (Å²) in [6.45, 7) is 8.73. The summed E-state index contributed by atoms with van der Waals surface area (Å²) in [6, 6.07) is 0. The molecule has 0 saturated heterocycles. The Hall–Kier alpha value is -0.520. The van der Waals surface area contributed by atoms with Gasteiger partial charge in [0.15, 0.2) is 0 Å². The highest BCUT2D eigenvalue weighted by Crippen LogP contribution is 1.86. The predicted octanol–water partition coefficient (Wildman–Crippen LogP) is 1.16. The molecule has 0 aromatic rings. The van der Waals surface area contributed by atoms with Crippen molar-refractivity contribution < 1.29 is 0 Å². The molecule has 0 aromatic carbocycles. The average molecular weight is 243 g/mol. The third-order valence-electron chi connectivity index (χ3n) is 2.37. The van der Waals surface area contributed by atoms with Gasteiger partial charge in [0.1, 0.15) is 0 Å². The third-order valence-corrected chi connectivity index (χ3v) is 2.37. The Kier molecular flexibility index (Phi) is 15.0. The summed E-state index contributed by atoms with van der Waals surface area (Å²) in [7, 11) is 0. The van der Waals surface area contributed by atoms with Crippen molar-refractivity contribution in [3.05, 3.63) is 0 Å². The first-order valence-electron chi connectivity index (χ1n) is 6.86. The van der Waals surface area contributed by atoms with E-state index in [2.05, 4.69) is 20.9 Å². The van der Waals surface area contributed by atoms with Crippen LogP contribution in [0.2, 0.25) is 0 Å². The van der Waals surface area contributed by atoms with Crippen molar-refractivity contribution in [1.29, 1.82) is 0 Å². The summed E-state index contributed by atoms with van der Waals surface area (Å²) in [5.74, 6) is 0. The fraction of sp³-hybridized carbons (Fsp3) is 1.00. The molecule has 17 heavy (non-hydrogen) atoms. The molecular weight excluding hydrogens is 214 g/mol. The van der Waals surface area contributed by atoms with Crippen molar-refractivity contribution in [3.8, 4) is 0 Å². The molecule has 0 heterocycles. The second-order valence-electron chi connectivity index (χ2n) is 4.03. The second-order valence-corrected chi connectivity index (χ2v) is 4.03. The van der Waals surface area contributed by atoms with E-state index in [0.717, 1.165) is 58.7 Å². The Labute approximate surface area is 106 Å². The van der Waals surface area contributed by atoms with Crippen LogP contribution in [0.5, 0.6) is 0 Å². The highest BCUT2D eigenvalue weighted by atomic mass is 15.1. The van der Waals surface area contributed by atoms with Gasteiger partial charge < -0.3 is 16.4 Å². The van der Waals surface area contributed by atoms with Crippen LogP contribution in [0.25, 0.3) is 0 Å². The maximum absolute atomic E-state index is 5.40. The van der Waals surface area contributed by atoms with Crippen LogP contribution in [0.15, 0.2) is 10.2 Å². The van der Waals surface area contributed by atoms with Gasteiger partial charge in [-0.15, -0.1) is 0 Å². The molecular formula is C12H29N5. The highest BCUT2D eigenvalue weighted by Gasteiger charge is 1.90. The maximum atomic E-state index is 5.40. The number of nitrogens with one attached hydrogen (secondary N) is 2. The van der Waals surface area contributed by atoms with Crippen LogP contribution in [-0.2, 0) is 0 Å². The molecule has 0 saturated carbocycles. The zero-order chi connectivity index (χ0) is 12.6. The van der Waals surface area contributed by atoms with Gasteiger partial charge in [-0.1, -0.05) is 0 Å². The number of azo groups is 1. The summed E-state index contributed by atoms with van der Waals surface area (Å²) in [4.78, 5) is 0. The van der Waals surface area contributed by atoms with Crippen molar-refractivity contribution in [1.82, 2.24) is 10.6 Å². The summed E-state index contributed by atoms with van der Waals surface area (Å²) in [5.41, 5.74) is 5.40. The van der Waals surface area contributed by atoms with Crippen molar-refractivity contribution in [2.24, 2.45) is 16.0 Å². The molecule has 0 aromatic heterocycles. The molecule has 0 amide bonds. The Balaban J connectivity index is 2.91. The highest BCUT2D eigenvalue weighted by molar-refractivity contribution is 4.53. The van der Waals surface area contributed by atoms with Crippen LogP contribution >= 0.6 is 0 Å². The minimum Gasteiger partial charge on any atom is -0.330 e. The first-order valence-corrected chi connectivity index (χ1v) is 6.86. The van der Waals surface area contributed by atoms with Gasteiger partial charge in [0.25, 0.3) is 0 Å². The standard InChI is InChI=1S/C12H29N5/c1-2-16-17-12-6-11-15-9-4-3-8-14-10-5-7-13/h14-15H,2-13H2,1H3. The average Bonchev–Trinajstić information content (AvgIpc) is 2.35. The number of hydrogen-bond donors (Lipinski definition) is 3. The van der Waals surface area contributed by atoms with E-state index in [1.807, 2.05) is 6.92 Å². The third kappa shape index (κ3) is 15.5. The van der Waals surface area contributed by atoms with E-state index in [1.165, 1.54) is 12.8 Å². The van der Waals surface area contributed by atoms with Gasteiger partial charge in [-0.3, -0.25) is 0 Å². The molecule has 0 bridgehead atoms. The Bertz CT molecular complexity index is 161. The van der Waals surface area contributed by atoms with Gasteiger partial charge in [0.05, 0.1) is 13.1 Å². The predicted molar refractivity (Wildman–Crippen MR) is 73.5 cm³/mol. The van der Waals surface area contributed by atoms with Crippen LogP contribution in [0, 0.1) is 0 Å². The first-order chi connectivity index (χ1) is 8.41. The quantitative estimate of drug-likeness (QED) is 0.336. The minimum absolute atomic E-state index is 0.782. The van der Waals surface area contributed by atoms with Crippen molar-refractivity contribution >= 4 is 0 Å². The molecule has 0 unspecified atom stereocenters. The fourth-order valence-corrected chi connectivity index (χ4v) is 1.42. The summed E-state index contributed by atoms with van der Waals surface area (Å²) >= 11 is 0. The van der Waals surface area contributed by atoms with Crippen LogP contribution in [0.3, 0.4) is 0 Å². The van der Waals surface area contributed by atoms with Gasteiger partial charge in [-0.05, 0) is 65.3 Å². The Morgan fingerprint density at radius 1 is 0.824 bits per heavy atom. The van der Waals surface area contributed by atoms with Crippen LogP contribution in [0.1, 0.15) is 32.6 Å². The molecule has 0 aliphatic rings. The second kappa shape index (κ2) is 15.5.